The number of carbonyl (C=O) groups is 3. The minimum atomic E-state index is -3.93. The first-order chi connectivity index (χ1) is 36.5. The van der Waals surface area contributed by atoms with Gasteiger partial charge in [0.25, 0.3) is 11.8 Å². The predicted octanol–water partition coefficient (Wildman–Crippen LogP) is 8.68. The summed E-state index contributed by atoms with van der Waals surface area (Å²) >= 11 is 0. The Hall–Kier alpha value is -9.67. The van der Waals surface area contributed by atoms with E-state index in [1.54, 1.807) is 158 Å². The Morgan fingerprint density at radius 1 is 0.481 bits per heavy atom. The van der Waals surface area contributed by atoms with E-state index in [1.807, 2.05) is 25.1 Å². The largest absolute Gasteiger partial charge is 0.457 e. The monoisotopic (exact) mass is 1070 g/mol. The summed E-state index contributed by atoms with van der Waals surface area (Å²) in [7, 11) is -4.10. The first kappa shape index (κ1) is 55.1. The molecule has 0 unspecified atom stereocenters. The number of nitrogens with one attached hydrogen (secondary N) is 5. The van der Waals surface area contributed by atoms with E-state index in [2.05, 4.69) is 16.0 Å². The number of anilines is 4. The maximum atomic E-state index is 13.4. The number of nitrogen functional groups attached to an aromatic ring is 2. The molecule has 0 aliphatic heterocycles. The Kier molecular flexibility index (Phi) is 16.9. The predicted molar refractivity (Wildman–Crippen MR) is 299 cm³/mol. The second kappa shape index (κ2) is 23.7. The van der Waals surface area contributed by atoms with E-state index in [0.717, 1.165) is 5.69 Å². The van der Waals surface area contributed by atoms with Crippen LogP contribution in [0.25, 0.3) is 22.3 Å². The number of carbonyl (C=O) groups excluding carboxylic acids is 3. The average molecular weight is 1070 g/mol. The smallest absolute Gasteiger partial charge is 0.259 e. The molecule has 0 aliphatic carbocycles. The Bertz CT molecular complexity index is 3800. The molecule has 392 valence electrons. The molecule has 77 heavy (non-hydrogen) atoms. The van der Waals surface area contributed by atoms with Crippen LogP contribution in [-0.4, -0.2) is 60.3 Å². The number of amidine groups is 2. The van der Waals surface area contributed by atoms with Gasteiger partial charge in [0.15, 0.2) is 0 Å². The van der Waals surface area contributed by atoms with Gasteiger partial charge in [0.1, 0.15) is 34.7 Å². The van der Waals surface area contributed by atoms with Crippen molar-refractivity contribution in [3.8, 4) is 45.3 Å². The van der Waals surface area contributed by atoms with E-state index in [0.29, 0.717) is 73.3 Å². The fraction of sp³-hybridized carbons (Fsp3) is 0.0536. The van der Waals surface area contributed by atoms with Crippen LogP contribution in [0.3, 0.4) is 0 Å². The standard InChI is InChI=1S/C28H25N5O5S.C28H27N5O4S/c1-17(34)32-21-13-14-25(38-22-6-4-5-19(15-22)27(29)30)24(16-21)28(35)33-20-11-9-18(10-12-20)23-7-2-3-8-26(23)39(31,36)37;1-33(2)21-14-15-25(37-22-7-5-6-19(16-22)27(29)30)24(17-21)28(34)32-20-12-10-18(11-13-20)23-8-3-4-9-26(23)38(31,35)36/h2-16H,1H3,(H3,29,30)(H,32,34)(H,33,35)(H2,31,36,37);3-17H,1-2H3,(H3,29,30)(H,32,34)(H2,31,35,36). The third kappa shape index (κ3) is 14.3. The van der Waals surface area contributed by atoms with Gasteiger partial charge in [0.2, 0.25) is 26.0 Å². The van der Waals surface area contributed by atoms with Gasteiger partial charge in [-0.3, -0.25) is 25.2 Å². The van der Waals surface area contributed by atoms with Crippen molar-refractivity contribution in [2.75, 3.05) is 34.9 Å². The summed E-state index contributed by atoms with van der Waals surface area (Å²) in [4.78, 5) is 40.1. The van der Waals surface area contributed by atoms with Crippen LogP contribution in [0.1, 0.15) is 38.8 Å². The van der Waals surface area contributed by atoms with Gasteiger partial charge in [-0.05, 0) is 108 Å². The lowest BCUT2D eigenvalue weighted by atomic mass is 10.1. The normalized spacial score (nSPS) is 11.0. The molecule has 8 aromatic carbocycles. The summed E-state index contributed by atoms with van der Waals surface area (Å²) < 4.78 is 59.9. The highest BCUT2D eigenvalue weighted by Crippen LogP contribution is 2.34. The quantitative estimate of drug-likeness (QED) is 0.0324. The number of nitrogens with two attached hydrogens (primary N) is 4. The molecule has 0 aromatic heterocycles. The molecule has 0 fully saturated rings. The molecule has 3 amide bonds. The summed E-state index contributed by atoms with van der Waals surface area (Å²) in [5, 5.41) is 34.3. The van der Waals surface area contributed by atoms with Crippen LogP contribution in [0.5, 0.6) is 23.0 Å². The van der Waals surface area contributed by atoms with Crippen LogP contribution in [0.2, 0.25) is 0 Å². The topological polar surface area (TPSA) is 329 Å². The number of amides is 3. The van der Waals surface area contributed by atoms with Gasteiger partial charge in [0, 0.05) is 66.0 Å². The third-order valence-corrected chi connectivity index (χ3v) is 13.2. The maximum Gasteiger partial charge on any atom is 0.259 e. The second-order valence-electron chi connectivity index (χ2n) is 17.2. The van der Waals surface area contributed by atoms with Crippen molar-refractivity contribution >= 4 is 72.2 Å². The molecule has 0 bridgehead atoms. The van der Waals surface area contributed by atoms with E-state index in [-0.39, 0.29) is 38.7 Å². The second-order valence-corrected chi connectivity index (χ2v) is 20.3. The summed E-state index contributed by atoms with van der Waals surface area (Å²) in [6.07, 6.45) is 0. The van der Waals surface area contributed by atoms with Gasteiger partial charge in [-0.15, -0.1) is 0 Å². The van der Waals surface area contributed by atoms with Crippen molar-refractivity contribution in [2.24, 2.45) is 21.7 Å². The van der Waals surface area contributed by atoms with Gasteiger partial charge in [0.05, 0.1) is 20.9 Å². The maximum absolute atomic E-state index is 13.4. The molecular formula is C56H52N10O9S2. The Labute approximate surface area is 444 Å². The van der Waals surface area contributed by atoms with Crippen molar-refractivity contribution < 1.29 is 40.7 Å². The highest BCUT2D eigenvalue weighted by atomic mass is 32.2. The number of hydrogen-bond acceptors (Lipinski definition) is 12. The number of nitrogens with zero attached hydrogens (tertiary/aromatic N) is 1. The van der Waals surface area contributed by atoms with Crippen LogP contribution in [0.4, 0.5) is 22.7 Å². The first-order valence-corrected chi connectivity index (χ1v) is 26.2. The van der Waals surface area contributed by atoms with Crippen molar-refractivity contribution in [3.63, 3.8) is 0 Å². The molecule has 19 nitrogen and oxygen atoms in total. The molecule has 0 atom stereocenters. The van der Waals surface area contributed by atoms with Gasteiger partial charge >= 0.3 is 0 Å². The van der Waals surface area contributed by atoms with Gasteiger partial charge in [-0.2, -0.15) is 0 Å². The highest BCUT2D eigenvalue weighted by Gasteiger charge is 2.20. The summed E-state index contributed by atoms with van der Waals surface area (Å²) in [5.74, 6) is -0.111. The number of sulfonamides is 2. The molecule has 8 rings (SSSR count). The zero-order valence-electron chi connectivity index (χ0n) is 41.6. The van der Waals surface area contributed by atoms with E-state index in [1.165, 1.54) is 25.1 Å². The molecule has 0 heterocycles. The number of hydrogen-bond donors (Lipinski definition) is 9. The van der Waals surface area contributed by atoms with Crippen LogP contribution in [-0.2, 0) is 24.8 Å². The number of benzene rings is 8. The molecule has 0 radical (unpaired) electrons. The third-order valence-electron chi connectivity index (χ3n) is 11.3. The lowest BCUT2D eigenvalue weighted by Gasteiger charge is -2.17. The summed E-state index contributed by atoms with van der Waals surface area (Å²) in [6, 6.07) is 49.4. The lowest BCUT2D eigenvalue weighted by molar-refractivity contribution is -0.114. The number of primary sulfonamides is 2. The molecule has 13 N–H and O–H groups in total. The minimum absolute atomic E-state index is 0.00722. The fourth-order valence-electron chi connectivity index (χ4n) is 7.62. The molecular weight excluding hydrogens is 1020 g/mol. The number of ether oxygens (including phenoxy) is 2. The van der Waals surface area contributed by atoms with Crippen molar-refractivity contribution in [3.05, 3.63) is 204 Å². The van der Waals surface area contributed by atoms with Crippen molar-refractivity contribution in [2.45, 2.75) is 16.7 Å². The van der Waals surface area contributed by atoms with Gasteiger partial charge < -0.3 is 41.8 Å². The Morgan fingerprint density at radius 2 is 0.883 bits per heavy atom. The zero-order valence-corrected chi connectivity index (χ0v) is 43.2. The Balaban J connectivity index is 0.000000224. The van der Waals surface area contributed by atoms with Crippen LogP contribution >= 0.6 is 0 Å². The lowest BCUT2D eigenvalue weighted by Crippen LogP contribution is -2.15. The van der Waals surface area contributed by atoms with E-state index in [9.17, 15) is 31.2 Å². The fourth-order valence-corrected chi connectivity index (χ4v) is 9.14. The molecule has 0 saturated heterocycles. The van der Waals surface area contributed by atoms with Gasteiger partial charge in [-0.1, -0.05) is 84.9 Å². The zero-order chi connectivity index (χ0) is 55.6. The molecule has 0 saturated carbocycles. The van der Waals surface area contributed by atoms with Crippen LogP contribution < -0.4 is 52.1 Å². The van der Waals surface area contributed by atoms with Gasteiger partial charge in [-0.25, -0.2) is 27.1 Å². The number of rotatable bonds is 16. The van der Waals surface area contributed by atoms with E-state index in [4.69, 9.17) is 42.0 Å². The first-order valence-electron chi connectivity index (χ1n) is 23.1. The van der Waals surface area contributed by atoms with Crippen molar-refractivity contribution in [1.82, 2.24) is 0 Å². The summed E-state index contributed by atoms with van der Waals surface area (Å²) in [6.45, 7) is 1.35. The van der Waals surface area contributed by atoms with Crippen LogP contribution in [0, 0.1) is 10.8 Å². The molecule has 0 spiro atoms. The Morgan fingerprint density at radius 3 is 1.29 bits per heavy atom. The van der Waals surface area contributed by atoms with E-state index >= 15 is 0 Å². The molecule has 8 aromatic rings. The molecule has 21 heteroatoms. The highest BCUT2D eigenvalue weighted by molar-refractivity contribution is 7.89. The van der Waals surface area contributed by atoms with E-state index < -0.39 is 31.9 Å². The molecule has 0 aliphatic rings. The minimum Gasteiger partial charge on any atom is -0.457 e. The van der Waals surface area contributed by atoms with Crippen molar-refractivity contribution in [1.29, 1.82) is 10.8 Å². The van der Waals surface area contributed by atoms with Crippen LogP contribution in [0.15, 0.2) is 192 Å². The SMILES string of the molecule is CC(=O)Nc1ccc(Oc2cccc(C(=N)N)c2)c(C(=O)Nc2ccc(-c3ccccc3S(N)(=O)=O)cc2)c1.CN(C)c1ccc(Oc2cccc(C(=N)N)c2)c(C(=O)Nc2ccc(-c3ccccc3S(N)(=O)=O)cc2)c1. The average Bonchev–Trinajstić information content (AvgIpc) is 3.40. The summed E-state index contributed by atoms with van der Waals surface area (Å²) in [5.41, 5.74) is 16.8.